The average Bonchev–Trinajstić information content (AvgIpc) is 2.61. The van der Waals surface area contributed by atoms with E-state index in [0.717, 1.165) is 25.0 Å². The molecule has 1 saturated heterocycles. The third-order valence-electron chi connectivity index (χ3n) is 3.07. The molecule has 94 valence electrons. The number of hydrogen-bond donors (Lipinski definition) is 0. The molecule has 0 aromatic heterocycles. The Labute approximate surface area is 111 Å². The first-order valence-electron chi connectivity index (χ1n) is 6.23. The van der Waals surface area contributed by atoms with Gasteiger partial charge in [-0.15, -0.1) is 11.8 Å². The second kappa shape index (κ2) is 5.57. The van der Waals surface area contributed by atoms with Gasteiger partial charge in [0.1, 0.15) is 0 Å². The van der Waals surface area contributed by atoms with Gasteiger partial charge >= 0.3 is 0 Å². The quantitative estimate of drug-likeness (QED) is 0.830. The van der Waals surface area contributed by atoms with Gasteiger partial charge in [0.2, 0.25) is 0 Å². The van der Waals surface area contributed by atoms with Gasteiger partial charge in [0, 0.05) is 21.8 Å². The number of hydrogen-bond acceptors (Lipinski definition) is 2. The van der Waals surface area contributed by atoms with Crippen LogP contribution in [0.4, 0.5) is 0 Å². The molecule has 0 amide bonds. The first-order valence-corrected chi connectivity index (χ1v) is 8.42. The molecule has 17 heavy (non-hydrogen) atoms. The molecule has 1 heterocycles. The second-order valence-corrected chi connectivity index (χ2v) is 8.99. The Balaban J connectivity index is 2.19. The minimum absolute atomic E-state index is 0.0322. The summed E-state index contributed by atoms with van der Waals surface area (Å²) in [7, 11) is -0.677. The Kier molecular flexibility index (Phi) is 4.31. The van der Waals surface area contributed by atoms with Crippen molar-refractivity contribution in [3.8, 4) is 0 Å². The highest BCUT2D eigenvalue weighted by Crippen LogP contribution is 2.44. The van der Waals surface area contributed by atoms with E-state index in [9.17, 15) is 4.21 Å². The predicted molar refractivity (Wildman–Crippen MR) is 77.8 cm³/mol. The van der Waals surface area contributed by atoms with Crippen molar-refractivity contribution >= 4 is 22.6 Å². The second-order valence-electron chi connectivity index (χ2n) is 4.89. The lowest BCUT2D eigenvalue weighted by molar-refractivity contribution is 0.661. The van der Waals surface area contributed by atoms with Crippen molar-refractivity contribution in [2.75, 3.05) is 5.75 Å². The van der Waals surface area contributed by atoms with Gasteiger partial charge < -0.3 is 0 Å². The summed E-state index contributed by atoms with van der Waals surface area (Å²) >= 11 is 1.91. The summed E-state index contributed by atoms with van der Waals surface area (Å²) < 4.78 is 12.3. The molecule has 2 rings (SSSR count). The van der Waals surface area contributed by atoms with Crippen LogP contribution in [0.25, 0.3) is 0 Å². The minimum Gasteiger partial charge on any atom is -0.258 e. The summed E-state index contributed by atoms with van der Waals surface area (Å²) in [6.07, 6.45) is 3.15. The molecule has 0 saturated carbocycles. The van der Waals surface area contributed by atoms with E-state index in [1.807, 2.05) is 17.8 Å². The van der Waals surface area contributed by atoms with Gasteiger partial charge in [-0.05, 0) is 24.8 Å². The van der Waals surface area contributed by atoms with Gasteiger partial charge in [-0.2, -0.15) is 0 Å². The highest BCUT2D eigenvalue weighted by Gasteiger charge is 2.42. The molecule has 1 fully saturated rings. The average molecular weight is 268 g/mol. The van der Waals surface area contributed by atoms with Gasteiger partial charge in [0.25, 0.3) is 0 Å². The van der Waals surface area contributed by atoms with Gasteiger partial charge in [0.05, 0.1) is 4.08 Å². The summed E-state index contributed by atoms with van der Waals surface area (Å²) in [6, 6.07) is 10.5. The van der Waals surface area contributed by atoms with E-state index in [2.05, 4.69) is 38.1 Å². The van der Waals surface area contributed by atoms with Crippen LogP contribution >= 0.6 is 11.8 Å². The minimum atomic E-state index is -0.677. The third-order valence-corrected chi connectivity index (χ3v) is 7.00. The Hall–Kier alpha value is -0.280. The molecule has 0 spiro atoms. The van der Waals surface area contributed by atoms with Gasteiger partial charge in [-0.1, -0.05) is 44.2 Å². The van der Waals surface area contributed by atoms with Gasteiger partial charge in [0.15, 0.2) is 0 Å². The standard InChI is InChI=1S/C14H20OS2/c1-12(2)16-14(9-6-10-17(14)15)11-13-7-4-3-5-8-13/h3-5,7-8,12H,6,9-11H2,1-2H3/t14-,17+/m0/s1. The summed E-state index contributed by atoms with van der Waals surface area (Å²) in [4.78, 5) is 0. The van der Waals surface area contributed by atoms with Crippen LogP contribution in [0.15, 0.2) is 30.3 Å². The van der Waals surface area contributed by atoms with Crippen LogP contribution in [0.2, 0.25) is 0 Å². The molecule has 0 aliphatic carbocycles. The number of benzene rings is 1. The largest absolute Gasteiger partial charge is 0.258 e. The zero-order chi connectivity index (χ0) is 12.3. The summed E-state index contributed by atoms with van der Waals surface area (Å²) in [5, 5.41) is 0.542. The lowest BCUT2D eigenvalue weighted by atomic mass is 10.1. The lowest BCUT2D eigenvalue weighted by Gasteiger charge is -2.29. The van der Waals surface area contributed by atoms with Gasteiger partial charge in [-0.3, -0.25) is 4.21 Å². The number of thioether (sulfide) groups is 1. The molecule has 1 aromatic rings. The first-order chi connectivity index (χ1) is 8.12. The summed E-state index contributed by atoms with van der Waals surface area (Å²) in [6.45, 7) is 4.40. The fourth-order valence-electron chi connectivity index (χ4n) is 2.43. The molecule has 1 aliphatic heterocycles. The molecular weight excluding hydrogens is 248 g/mol. The van der Waals surface area contributed by atoms with E-state index >= 15 is 0 Å². The maximum Gasteiger partial charge on any atom is 0.0951 e. The van der Waals surface area contributed by atoms with Crippen LogP contribution in [-0.2, 0) is 17.2 Å². The SMILES string of the molecule is CC(C)S[C@@]1(Cc2ccccc2)CCC[S@]1=O. The van der Waals surface area contributed by atoms with E-state index < -0.39 is 10.8 Å². The van der Waals surface area contributed by atoms with Crippen LogP contribution in [0.1, 0.15) is 32.3 Å². The Morgan fingerprint density at radius 3 is 2.59 bits per heavy atom. The Bertz CT molecular complexity index is 388. The van der Waals surface area contributed by atoms with Crippen molar-refractivity contribution in [1.29, 1.82) is 0 Å². The zero-order valence-electron chi connectivity index (χ0n) is 10.5. The molecule has 1 nitrogen and oxygen atoms in total. The van der Waals surface area contributed by atoms with Gasteiger partial charge in [-0.25, -0.2) is 0 Å². The highest BCUT2D eigenvalue weighted by molar-refractivity contribution is 8.13. The van der Waals surface area contributed by atoms with Crippen LogP contribution < -0.4 is 0 Å². The summed E-state index contributed by atoms with van der Waals surface area (Å²) in [5.74, 6) is 0.882. The fraction of sp³-hybridized carbons (Fsp3) is 0.571. The maximum absolute atomic E-state index is 12.3. The first kappa shape index (κ1) is 13.2. The Morgan fingerprint density at radius 2 is 2.06 bits per heavy atom. The number of rotatable bonds is 4. The molecule has 2 atom stereocenters. The predicted octanol–water partition coefficient (Wildman–Crippen LogP) is 3.61. The van der Waals surface area contributed by atoms with Crippen LogP contribution in [0, 0.1) is 0 Å². The molecule has 0 N–H and O–H groups in total. The fourth-order valence-corrected chi connectivity index (χ4v) is 6.54. The topological polar surface area (TPSA) is 17.1 Å². The molecule has 0 bridgehead atoms. The summed E-state index contributed by atoms with van der Waals surface area (Å²) in [5.41, 5.74) is 1.32. The lowest BCUT2D eigenvalue weighted by Crippen LogP contribution is -2.30. The van der Waals surface area contributed by atoms with Crippen molar-refractivity contribution < 1.29 is 4.21 Å². The normalized spacial score (nSPS) is 28.8. The molecule has 0 unspecified atom stereocenters. The van der Waals surface area contributed by atoms with Crippen LogP contribution in [0.3, 0.4) is 0 Å². The van der Waals surface area contributed by atoms with Crippen molar-refractivity contribution in [2.45, 2.75) is 42.4 Å². The highest BCUT2D eigenvalue weighted by atomic mass is 32.2. The molecule has 1 aliphatic rings. The monoisotopic (exact) mass is 268 g/mol. The van der Waals surface area contributed by atoms with E-state index in [1.54, 1.807) is 0 Å². The van der Waals surface area contributed by atoms with Crippen molar-refractivity contribution in [2.24, 2.45) is 0 Å². The Morgan fingerprint density at radius 1 is 1.35 bits per heavy atom. The molecule has 3 heteroatoms. The molecular formula is C14H20OS2. The smallest absolute Gasteiger partial charge is 0.0951 e. The zero-order valence-corrected chi connectivity index (χ0v) is 12.2. The van der Waals surface area contributed by atoms with E-state index in [0.29, 0.717) is 5.25 Å². The molecule has 1 aromatic carbocycles. The van der Waals surface area contributed by atoms with Crippen molar-refractivity contribution in [3.05, 3.63) is 35.9 Å². The van der Waals surface area contributed by atoms with E-state index in [4.69, 9.17) is 0 Å². The van der Waals surface area contributed by atoms with Crippen molar-refractivity contribution in [1.82, 2.24) is 0 Å². The van der Waals surface area contributed by atoms with Crippen LogP contribution in [0.5, 0.6) is 0 Å². The van der Waals surface area contributed by atoms with Crippen LogP contribution in [-0.4, -0.2) is 19.3 Å². The third kappa shape index (κ3) is 3.14. The van der Waals surface area contributed by atoms with E-state index in [-0.39, 0.29) is 4.08 Å². The maximum atomic E-state index is 12.3. The van der Waals surface area contributed by atoms with E-state index in [1.165, 1.54) is 5.56 Å². The van der Waals surface area contributed by atoms with Crippen molar-refractivity contribution in [3.63, 3.8) is 0 Å². The molecule has 0 radical (unpaired) electrons.